The van der Waals surface area contributed by atoms with Gasteiger partial charge in [0, 0.05) is 6.07 Å². The molecule has 0 bridgehead atoms. The first-order valence-corrected chi connectivity index (χ1v) is 7.61. The number of halogens is 1. The molecular formula is C17H19FN2O4. The highest BCUT2D eigenvalue weighted by Gasteiger charge is 2.26. The molecule has 0 aliphatic heterocycles. The van der Waals surface area contributed by atoms with Gasteiger partial charge in [0.2, 0.25) is 0 Å². The Morgan fingerprint density at radius 3 is 2.50 bits per heavy atom. The highest BCUT2D eigenvalue weighted by Crippen LogP contribution is 2.24. The zero-order chi connectivity index (χ0) is 17.9. The number of nitrogens with zero attached hydrogens (tertiary/aromatic N) is 2. The van der Waals surface area contributed by atoms with Gasteiger partial charge < -0.3 is 9.47 Å². The summed E-state index contributed by atoms with van der Waals surface area (Å²) in [6.07, 6.45) is 0. The van der Waals surface area contributed by atoms with E-state index in [-0.39, 0.29) is 29.3 Å². The summed E-state index contributed by atoms with van der Waals surface area (Å²) in [4.78, 5) is 23.9. The number of rotatable bonds is 6. The average molecular weight is 334 g/mol. The maximum atomic E-state index is 14.4. The summed E-state index contributed by atoms with van der Waals surface area (Å²) in [5.74, 6) is -1.23. The van der Waals surface area contributed by atoms with Gasteiger partial charge in [-0.25, -0.2) is 13.9 Å². The van der Waals surface area contributed by atoms with Crippen molar-refractivity contribution in [1.82, 2.24) is 9.78 Å². The SMILES string of the molecule is CCOC(=O)c1nn(-c2ccc(OCC)cc2F)c(C)c1C(C)=O. The number of hydrogen-bond donors (Lipinski definition) is 0. The summed E-state index contributed by atoms with van der Waals surface area (Å²) in [6.45, 7) is 6.95. The Labute approximate surface area is 139 Å². The van der Waals surface area contributed by atoms with Crippen molar-refractivity contribution in [3.63, 3.8) is 0 Å². The molecule has 0 aliphatic rings. The number of ketones is 1. The van der Waals surface area contributed by atoms with Gasteiger partial charge in [0.15, 0.2) is 17.3 Å². The van der Waals surface area contributed by atoms with Crippen LogP contribution in [0.3, 0.4) is 0 Å². The van der Waals surface area contributed by atoms with Crippen LogP contribution in [0.2, 0.25) is 0 Å². The molecule has 0 saturated heterocycles. The van der Waals surface area contributed by atoms with Crippen LogP contribution in [0, 0.1) is 12.7 Å². The quantitative estimate of drug-likeness (QED) is 0.600. The van der Waals surface area contributed by atoms with Gasteiger partial charge in [-0.3, -0.25) is 4.79 Å². The summed E-state index contributed by atoms with van der Waals surface area (Å²) in [7, 11) is 0. The van der Waals surface area contributed by atoms with Gasteiger partial charge in [0.05, 0.1) is 24.5 Å². The van der Waals surface area contributed by atoms with Crippen molar-refractivity contribution in [2.45, 2.75) is 27.7 Å². The number of Topliss-reactive ketones (excluding diaryl/α,β-unsaturated/α-hetero) is 1. The van der Waals surface area contributed by atoms with Crippen LogP contribution in [0.5, 0.6) is 5.75 Å². The van der Waals surface area contributed by atoms with E-state index < -0.39 is 11.8 Å². The second kappa shape index (κ2) is 7.25. The minimum Gasteiger partial charge on any atom is -0.494 e. The fourth-order valence-corrected chi connectivity index (χ4v) is 2.42. The van der Waals surface area contributed by atoms with Crippen LogP contribution >= 0.6 is 0 Å². The summed E-state index contributed by atoms with van der Waals surface area (Å²) < 4.78 is 25.8. The maximum absolute atomic E-state index is 14.4. The normalized spacial score (nSPS) is 10.5. The van der Waals surface area contributed by atoms with Crippen LogP contribution in [0.15, 0.2) is 18.2 Å². The van der Waals surface area contributed by atoms with Crippen LogP contribution in [-0.4, -0.2) is 34.7 Å². The molecule has 24 heavy (non-hydrogen) atoms. The Balaban J connectivity index is 2.57. The van der Waals surface area contributed by atoms with E-state index in [0.29, 0.717) is 18.1 Å². The predicted molar refractivity (Wildman–Crippen MR) is 85.4 cm³/mol. The summed E-state index contributed by atoms with van der Waals surface area (Å²) in [5, 5.41) is 4.10. The zero-order valence-corrected chi connectivity index (χ0v) is 14.1. The van der Waals surface area contributed by atoms with E-state index in [1.54, 1.807) is 26.8 Å². The van der Waals surface area contributed by atoms with Gasteiger partial charge in [-0.15, -0.1) is 0 Å². The summed E-state index contributed by atoms with van der Waals surface area (Å²) >= 11 is 0. The third-order valence-electron chi connectivity index (χ3n) is 3.40. The molecule has 1 aromatic heterocycles. The lowest BCUT2D eigenvalue weighted by Gasteiger charge is -2.08. The molecule has 128 valence electrons. The lowest BCUT2D eigenvalue weighted by atomic mass is 10.1. The van der Waals surface area contributed by atoms with Crippen LogP contribution in [0.25, 0.3) is 5.69 Å². The molecule has 6 nitrogen and oxygen atoms in total. The standard InChI is InChI=1S/C17H19FN2O4/c1-5-23-12-7-8-14(13(18)9-12)20-10(3)15(11(4)21)16(19-20)17(22)24-6-2/h7-9H,5-6H2,1-4H3. The Morgan fingerprint density at radius 1 is 1.25 bits per heavy atom. The lowest BCUT2D eigenvalue weighted by molar-refractivity contribution is 0.0516. The van der Waals surface area contributed by atoms with Crippen LogP contribution < -0.4 is 4.74 Å². The molecule has 2 aromatic rings. The number of carbonyl (C=O) groups is 2. The van der Waals surface area contributed by atoms with E-state index in [9.17, 15) is 14.0 Å². The first-order chi connectivity index (χ1) is 11.4. The van der Waals surface area contributed by atoms with Gasteiger partial charge in [-0.1, -0.05) is 0 Å². The Bertz CT molecular complexity index is 783. The van der Waals surface area contributed by atoms with Gasteiger partial charge in [0.25, 0.3) is 0 Å². The molecule has 0 amide bonds. The van der Waals surface area contributed by atoms with Crippen LogP contribution in [0.1, 0.15) is 47.3 Å². The topological polar surface area (TPSA) is 70.4 Å². The van der Waals surface area contributed by atoms with Crippen molar-refractivity contribution >= 4 is 11.8 Å². The number of benzene rings is 1. The largest absolute Gasteiger partial charge is 0.494 e. The van der Waals surface area contributed by atoms with E-state index >= 15 is 0 Å². The highest BCUT2D eigenvalue weighted by molar-refractivity contribution is 6.05. The molecule has 0 spiro atoms. The van der Waals surface area contributed by atoms with E-state index in [4.69, 9.17) is 9.47 Å². The number of ether oxygens (including phenoxy) is 2. The molecule has 0 unspecified atom stereocenters. The Hall–Kier alpha value is -2.70. The molecule has 2 rings (SSSR count). The number of hydrogen-bond acceptors (Lipinski definition) is 5. The van der Waals surface area contributed by atoms with Crippen molar-refractivity contribution in [1.29, 1.82) is 0 Å². The summed E-state index contributed by atoms with van der Waals surface area (Å²) in [5.41, 5.74) is 0.500. The molecule has 1 aromatic carbocycles. The van der Waals surface area contributed by atoms with E-state index in [2.05, 4.69) is 5.10 Å². The van der Waals surface area contributed by atoms with Gasteiger partial charge >= 0.3 is 5.97 Å². The minimum absolute atomic E-state index is 0.116. The van der Waals surface area contributed by atoms with Gasteiger partial charge in [0.1, 0.15) is 11.4 Å². The molecule has 0 N–H and O–H groups in total. The zero-order valence-electron chi connectivity index (χ0n) is 14.1. The molecule has 0 atom stereocenters. The second-order valence-electron chi connectivity index (χ2n) is 5.04. The third kappa shape index (κ3) is 3.29. The van der Waals surface area contributed by atoms with Crippen molar-refractivity contribution < 1.29 is 23.5 Å². The summed E-state index contributed by atoms with van der Waals surface area (Å²) in [6, 6.07) is 4.32. The molecule has 0 radical (unpaired) electrons. The smallest absolute Gasteiger partial charge is 0.359 e. The van der Waals surface area contributed by atoms with E-state index in [1.807, 2.05) is 0 Å². The molecular weight excluding hydrogens is 315 g/mol. The van der Waals surface area contributed by atoms with Crippen LogP contribution in [0.4, 0.5) is 4.39 Å². The lowest BCUT2D eigenvalue weighted by Crippen LogP contribution is -2.10. The van der Waals surface area contributed by atoms with E-state index in [1.165, 1.54) is 23.7 Å². The van der Waals surface area contributed by atoms with Crippen LogP contribution in [-0.2, 0) is 4.74 Å². The van der Waals surface area contributed by atoms with Gasteiger partial charge in [-0.2, -0.15) is 5.10 Å². The number of esters is 1. The fraction of sp³-hybridized carbons (Fsp3) is 0.353. The second-order valence-corrected chi connectivity index (χ2v) is 5.04. The molecule has 0 aliphatic carbocycles. The highest BCUT2D eigenvalue weighted by atomic mass is 19.1. The molecule has 0 saturated carbocycles. The fourth-order valence-electron chi connectivity index (χ4n) is 2.42. The van der Waals surface area contributed by atoms with Crippen molar-refractivity contribution in [3.05, 3.63) is 41.0 Å². The maximum Gasteiger partial charge on any atom is 0.359 e. The molecule has 1 heterocycles. The van der Waals surface area contributed by atoms with Crippen molar-refractivity contribution in [2.24, 2.45) is 0 Å². The average Bonchev–Trinajstić information content (AvgIpc) is 2.86. The molecule has 7 heteroatoms. The van der Waals surface area contributed by atoms with Crippen molar-refractivity contribution in [2.75, 3.05) is 13.2 Å². The minimum atomic E-state index is -0.712. The van der Waals surface area contributed by atoms with Gasteiger partial charge in [-0.05, 0) is 39.8 Å². The first-order valence-electron chi connectivity index (χ1n) is 7.61. The predicted octanol–water partition coefficient (Wildman–Crippen LogP) is 3.10. The first kappa shape index (κ1) is 17.7. The Morgan fingerprint density at radius 2 is 1.96 bits per heavy atom. The monoisotopic (exact) mass is 334 g/mol. The number of carbonyl (C=O) groups excluding carboxylic acids is 2. The number of aromatic nitrogens is 2. The third-order valence-corrected chi connectivity index (χ3v) is 3.40. The van der Waals surface area contributed by atoms with Crippen molar-refractivity contribution in [3.8, 4) is 11.4 Å². The van der Waals surface area contributed by atoms with E-state index in [0.717, 1.165) is 0 Å². The molecule has 0 fully saturated rings. The Kier molecular flexibility index (Phi) is 5.33.